The smallest absolute Gasteiger partial charge is 0.254 e. The Labute approximate surface area is 122 Å². The number of carbonyl (C=O) groups excluding carboxylic acids is 1. The maximum absolute atomic E-state index is 11.2. The van der Waals surface area contributed by atoms with Crippen LogP contribution in [0.15, 0.2) is 36.5 Å². The topological polar surface area (TPSA) is 86.5 Å². The maximum Gasteiger partial charge on any atom is 0.254 e. The summed E-state index contributed by atoms with van der Waals surface area (Å²) in [6.07, 6.45) is 1.40. The van der Waals surface area contributed by atoms with Gasteiger partial charge in [-0.2, -0.15) is 0 Å². The van der Waals surface area contributed by atoms with Crippen molar-refractivity contribution in [3.63, 3.8) is 0 Å². The number of anilines is 1. The molecule has 0 fully saturated rings. The summed E-state index contributed by atoms with van der Waals surface area (Å²) in [4.78, 5) is 15.3. The van der Waals surface area contributed by atoms with Crippen molar-refractivity contribution in [3.05, 3.63) is 47.7 Å². The number of aromatic nitrogens is 1. The van der Waals surface area contributed by atoms with Crippen LogP contribution in [-0.4, -0.2) is 25.1 Å². The van der Waals surface area contributed by atoms with Crippen LogP contribution in [0.5, 0.6) is 11.5 Å². The van der Waals surface area contributed by atoms with Crippen molar-refractivity contribution in [1.29, 1.82) is 0 Å². The average molecular weight is 287 g/mol. The molecular formula is C15H17N3O3. The van der Waals surface area contributed by atoms with Crippen LogP contribution in [0.2, 0.25) is 0 Å². The molecule has 0 aliphatic carbocycles. The van der Waals surface area contributed by atoms with Crippen LogP contribution in [0.3, 0.4) is 0 Å². The first-order chi connectivity index (χ1) is 10.1. The Bertz CT molecular complexity index is 627. The fourth-order valence-corrected chi connectivity index (χ4v) is 1.82. The van der Waals surface area contributed by atoms with E-state index in [-0.39, 0.29) is 5.56 Å². The Balaban J connectivity index is 2.07. The summed E-state index contributed by atoms with van der Waals surface area (Å²) in [6, 6.07) is 9.34. The van der Waals surface area contributed by atoms with E-state index < -0.39 is 5.91 Å². The lowest BCUT2D eigenvalue weighted by molar-refractivity contribution is 0.0997. The normalized spacial score (nSPS) is 10.0. The van der Waals surface area contributed by atoms with Crippen molar-refractivity contribution >= 4 is 11.7 Å². The maximum atomic E-state index is 11.2. The molecule has 0 bridgehead atoms. The van der Waals surface area contributed by atoms with Gasteiger partial charge in [0.15, 0.2) is 0 Å². The fourth-order valence-electron chi connectivity index (χ4n) is 1.82. The molecule has 0 aliphatic rings. The molecule has 6 nitrogen and oxygen atoms in total. The van der Waals surface area contributed by atoms with Crippen LogP contribution in [0, 0.1) is 0 Å². The number of ether oxygens (including phenoxy) is 2. The van der Waals surface area contributed by atoms with E-state index in [1.54, 1.807) is 13.2 Å². The summed E-state index contributed by atoms with van der Waals surface area (Å²) in [5.74, 6) is 1.24. The van der Waals surface area contributed by atoms with E-state index in [0.29, 0.717) is 18.1 Å². The number of rotatable bonds is 6. The molecule has 0 spiro atoms. The van der Waals surface area contributed by atoms with Gasteiger partial charge < -0.3 is 20.5 Å². The van der Waals surface area contributed by atoms with Gasteiger partial charge in [-0.15, -0.1) is 0 Å². The lowest BCUT2D eigenvalue weighted by Crippen LogP contribution is -2.13. The van der Waals surface area contributed by atoms with Gasteiger partial charge in [0.25, 0.3) is 5.91 Å². The van der Waals surface area contributed by atoms with Crippen LogP contribution in [-0.2, 0) is 6.54 Å². The molecule has 21 heavy (non-hydrogen) atoms. The van der Waals surface area contributed by atoms with E-state index in [9.17, 15) is 4.79 Å². The number of nitrogens with two attached hydrogens (primary N) is 1. The third-order valence-electron chi connectivity index (χ3n) is 2.98. The second-order valence-corrected chi connectivity index (χ2v) is 4.34. The Kier molecular flexibility index (Phi) is 4.61. The molecule has 0 atom stereocenters. The number of benzene rings is 1. The summed E-state index contributed by atoms with van der Waals surface area (Å²) in [6.45, 7) is 0.593. The van der Waals surface area contributed by atoms with E-state index in [2.05, 4.69) is 10.3 Å². The first-order valence-electron chi connectivity index (χ1n) is 6.34. The van der Waals surface area contributed by atoms with Crippen molar-refractivity contribution in [1.82, 2.24) is 4.98 Å². The molecule has 1 aromatic carbocycles. The van der Waals surface area contributed by atoms with Gasteiger partial charge in [0.05, 0.1) is 19.8 Å². The minimum absolute atomic E-state index is 0.257. The van der Waals surface area contributed by atoms with Crippen molar-refractivity contribution < 1.29 is 14.3 Å². The molecule has 0 radical (unpaired) electrons. The summed E-state index contributed by atoms with van der Waals surface area (Å²) in [5.41, 5.74) is 6.58. The summed E-state index contributed by atoms with van der Waals surface area (Å²) >= 11 is 0. The summed E-state index contributed by atoms with van der Waals surface area (Å²) < 4.78 is 10.2. The Morgan fingerprint density at radius 3 is 2.52 bits per heavy atom. The molecule has 0 aliphatic heterocycles. The second-order valence-electron chi connectivity index (χ2n) is 4.34. The van der Waals surface area contributed by atoms with Gasteiger partial charge in [-0.25, -0.2) is 4.98 Å². The third kappa shape index (κ3) is 3.62. The minimum atomic E-state index is -0.568. The molecule has 1 heterocycles. The van der Waals surface area contributed by atoms with Crippen LogP contribution >= 0.6 is 0 Å². The summed E-state index contributed by atoms with van der Waals surface area (Å²) in [7, 11) is 3.11. The number of methoxy groups -OCH3 is 2. The SMILES string of the molecule is COc1ccc(CNc2cc(OC)c(C(N)=O)cn2)cc1. The number of carbonyl (C=O) groups is 1. The number of nitrogens with zero attached hydrogens (tertiary/aromatic N) is 1. The predicted octanol–water partition coefficient (Wildman–Crippen LogP) is 1.81. The van der Waals surface area contributed by atoms with E-state index in [4.69, 9.17) is 15.2 Å². The van der Waals surface area contributed by atoms with Crippen LogP contribution in [0.4, 0.5) is 5.82 Å². The second kappa shape index (κ2) is 6.60. The van der Waals surface area contributed by atoms with Gasteiger partial charge in [0, 0.05) is 18.8 Å². The molecule has 110 valence electrons. The average Bonchev–Trinajstić information content (AvgIpc) is 2.52. The zero-order valence-electron chi connectivity index (χ0n) is 11.9. The molecular weight excluding hydrogens is 270 g/mol. The van der Waals surface area contributed by atoms with Crippen molar-refractivity contribution in [3.8, 4) is 11.5 Å². The van der Waals surface area contributed by atoms with Gasteiger partial charge >= 0.3 is 0 Å². The van der Waals surface area contributed by atoms with Crippen LogP contribution in [0.1, 0.15) is 15.9 Å². The summed E-state index contributed by atoms with van der Waals surface area (Å²) in [5, 5.41) is 3.16. The molecule has 6 heteroatoms. The first-order valence-corrected chi connectivity index (χ1v) is 6.34. The van der Waals surface area contributed by atoms with Crippen molar-refractivity contribution in [2.24, 2.45) is 5.73 Å². The minimum Gasteiger partial charge on any atom is -0.497 e. The molecule has 1 amide bonds. The van der Waals surface area contributed by atoms with Gasteiger partial charge in [-0.05, 0) is 17.7 Å². The quantitative estimate of drug-likeness (QED) is 0.846. The zero-order chi connectivity index (χ0) is 15.2. The third-order valence-corrected chi connectivity index (χ3v) is 2.98. The fraction of sp³-hybridized carbons (Fsp3) is 0.200. The standard InChI is InChI=1S/C15H17N3O3/c1-20-11-5-3-10(4-6-11)8-17-14-7-13(21-2)12(9-18-14)15(16)19/h3-7,9H,8H2,1-2H3,(H2,16,19)(H,17,18). The van der Waals surface area contributed by atoms with Crippen molar-refractivity contribution in [2.45, 2.75) is 6.54 Å². The Hall–Kier alpha value is -2.76. The molecule has 2 rings (SSSR count). The van der Waals surface area contributed by atoms with Gasteiger partial charge in [-0.3, -0.25) is 4.79 Å². The molecule has 1 aromatic heterocycles. The van der Waals surface area contributed by atoms with E-state index in [0.717, 1.165) is 11.3 Å². The largest absolute Gasteiger partial charge is 0.497 e. The molecule has 2 aromatic rings. The number of nitrogens with one attached hydrogen (secondary N) is 1. The highest BCUT2D eigenvalue weighted by Gasteiger charge is 2.10. The molecule has 3 N–H and O–H groups in total. The predicted molar refractivity (Wildman–Crippen MR) is 79.6 cm³/mol. The van der Waals surface area contributed by atoms with E-state index in [1.165, 1.54) is 13.3 Å². The Morgan fingerprint density at radius 1 is 1.24 bits per heavy atom. The van der Waals surface area contributed by atoms with E-state index >= 15 is 0 Å². The number of hydrogen-bond acceptors (Lipinski definition) is 5. The van der Waals surface area contributed by atoms with Crippen LogP contribution < -0.4 is 20.5 Å². The van der Waals surface area contributed by atoms with Crippen LogP contribution in [0.25, 0.3) is 0 Å². The van der Waals surface area contributed by atoms with E-state index in [1.807, 2.05) is 24.3 Å². The lowest BCUT2D eigenvalue weighted by atomic mass is 10.2. The lowest BCUT2D eigenvalue weighted by Gasteiger charge is -2.10. The highest BCUT2D eigenvalue weighted by molar-refractivity contribution is 5.95. The molecule has 0 unspecified atom stereocenters. The zero-order valence-corrected chi connectivity index (χ0v) is 11.9. The number of pyridine rings is 1. The van der Waals surface area contributed by atoms with Gasteiger partial charge in [-0.1, -0.05) is 12.1 Å². The monoisotopic (exact) mass is 287 g/mol. The number of amides is 1. The molecule has 0 saturated heterocycles. The highest BCUT2D eigenvalue weighted by Crippen LogP contribution is 2.21. The molecule has 0 saturated carbocycles. The van der Waals surface area contributed by atoms with Gasteiger partial charge in [0.1, 0.15) is 17.3 Å². The Morgan fingerprint density at radius 2 is 1.95 bits per heavy atom. The van der Waals surface area contributed by atoms with Gasteiger partial charge in [0.2, 0.25) is 0 Å². The number of hydrogen-bond donors (Lipinski definition) is 2. The number of primary amides is 1. The van der Waals surface area contributed by atoms with Crippen molar-refractivity contribution in [2.75, 3.05) is 19.5 Å². The highest BCUT2D eigenvalue weighted by atomic mass is 16.5. The first kappa shape index (κ1) is 14.6.